The maximum absolute atomic E-state index is 9.24. The Morgan fingerprint density at radius 3 is 2.61 bits per heavy atom. The number of rotatable bonds is 3. The van der Waals surface area contributed by atoms with E-state index in [2.05, 4.69) is 49.1 Å². The average molecular weight is 306 g/mol. The molecule has 2 aromatic rings. The summed E-state index contributed by atoms with van der Waals surface area (Å²) in [7, 11) is 0. The molecular formula is C20H22N2O. The van der Waals surface area contributed by atoms with Crippen LogP contribution in [-0.4, -0.2) is 30.2 Å². The standard InChI is InChI=1S/C20H22N2O/c1-15-14-23-16(2)12-22(15)13-17-7-9-18(10-8-17)20-6-4-3-5-19(20)11-21/h3-10,15-16H,12-14H2,1-2H3/t15-,16+/m1/s1. The molecule has 23 heavy (non-hydrogen) atoms. The lowest BCUT2D eigenvalue weighted by Gasteiger charge is -2.36. The molecule has 3 rings (SSSR count). The Morgan fingerprint density at radius 1 is 1.13 bits per heavy atom. The number of nitrogens with zero attached hydrogens (tertiary/aromatic N) is 2. The van der Waals surface area contributed by atoms with Crippen molar-refractivity contribution in [3.8, 4) is 17.2 Å². The molecule has 0 radical (unpaired) electrons. The Balaban J connectivity index is 1.76. The molecule has 0 amide bonds. The molecule has 118 valence electrons. The lowest BCUT2D eigenvalue weighted by molar-refractivity contribution is -0.0526. The van der Waals surface area contributed by atoms with E-state index in [4.69, 9.17) is 4.74 Å². The zero-order chi connectivity index (χ0) is 16.2. The highest BCUT2D eigenvalue weighted by molar-refractivity contribution is 5.70. The van der Waals surface area contributed by atoms with E-state index in [1.165, 1.54) is 5.56 Å². The largest absolute Gasteiger partial charge is 0.376 e. The maximum atomic E-state index is 9.24. The SMILES string of the molecule is C[C@@H]1CO[C@@H](C)CN1Cc1ccc(-c2ccccc2C#N)cc1. The highest BCUT2D eigenvalue weighted by Gasteiger charge is 2.23. The van der Waals surface area contributed by atoms with E-state index in [1.54, 1.807) is 0 Å². The molecule has 3 nitrogen and oxygen atoms in total. The third-order valence-electron chi connectivity index (χ3n) is 4.44. The summed E-state index contributed by atoms with van der Waals surface area (Å²) in [6.45, 7) is 7.05. The first-order chi connectivity index (χ1) is 11.2. The van der Waals surface area contributed by atoms with Crippen LogP contribution < -0.4 is 0 Å². The second-order valence-electron chi connectivity index (χ2n) is 6.28. The van der Waals surface area contributed by atoms with Crippen LogP contribution in [0.15, 0.2) is 48.5 Å². The van der Waals surface area contributed by atoms with Crippen molar-refractivity contribution in [1.29, 1.82) is 5.26 Å². The molecule has 0 unspecified atom stereocenters. The minimum atomic E-state index is 0.299. The number of nitriles is 1. The van der Waals surface area contributed by atoms with Crippen LogP contribution in [0.3, 0.4) is 0 Å². The van der Waals surface area contributed by atoms with Gasteiger partial charge in [-0.3, -0.25) is 4.90 Å². The van der Waals surface area contributed by atoms with E-state index in [0.717, 1.165) is 36.4 Å². The molecule has 1 aliphatic rings. The van der Waals surface area contributed by atoms with E-state index in [9.17, 15) is 5.26 Å². The molecule has 2 atom stereocenters. The quantitative estimate of drug-likeness (QED) is 0.864. The van der Waals surface area contributed by atoms with Crippen molar-refractivity contribution in [2.24, 2.45) is 0 Å². The van der Waals surface area contributed by atoms with Crippen molar-refractivity contribution < 1.29 is 4.74 Å². The lowest BCUT2D eigenvalue weighted by atomic mass is 9.99. The minimum Gasteiger partial charge on any atom is -0.376 e. The molecule has 0 saturated carbocycles. The molecule has 1 saturated heterocycles. The number of hydrogen-bond donors (Lipinski definition) is 0. The third kappa shape index (κ3) is 3.61. The highest BCUT2D eigenvalue weighted by Crippen LogP contribution is 2.24. The summed E-state index contributed by atoms with van der Waals surface area (Å²) in [6.07, 6.45) is 0.299. The summed E-state index contributed by atoms with van der Waals surface area (Å²) in [4.78, 5) is 2.46. The molecule has 0 spiro atoms. The normalized spacial score (nSPS) is 21.8. The van der Waals surface area contributed by atoms with Crippen LogP contribution in [0.25, 0.3) is 11.1 Å². The van der Waals surface area contributed by atoms with Gasteiger partial charge in [0.15, 0.2) is 0 Å². The molecule has 1 heterocycles. The molecule has 1 fully saturated rings. The van der Waals surface area contributed by atoms with Gasteiger partial charge in [0, 0.05) is 19.1 Å². The summed E-state index contributed by atoms with van der Waals surface area (Å²) < 4.78 is 5.69. The van der Waals surface area contributed by atoms with Crippen molar-refractivity contribution in [1.82, 2.24) is 4.90 Å². The number of benzene rings is 2. The van der Waals surface area contributed by atoms with Gasteiger partial charge in [-0.05, 0) is 36.6 Å². The van der Waals surface area contributed by atoms with Gasteiger partial charge in [0.2, 0.25) is 0 Å². The van der Waals surface area contributed by atoms with Gasteiger partial charge >= 0.3 is 0 Å². The zero-order valence-corrected chi connectivity index (χ0v) is 13.7. The summed E-state index contributed by atoms with van der Waals surface area (Å²) in [6, 6.07) is 19.0. The molecule has 0 aliphatic carbocycles. The van der Waals surface area contributed by atoms with E-state index < -0.39 is 0 Å². The van der Waals surface area contributed by atoms with Gasteiger partial charge in [0.1, 0.15) is 0 Å². The van der Waals surface area contributed by atoms with Crippen molar-refractivity contribution in [3.05, 3.63) is 59.7 Å². The zero-order valence-electron chi connectivity index (χ0n) is 13.7. The predicted molar refractivity (Wildman–Crippen MR) is 91.9 cm³/mol. The first-order valence-corrected chi connectivity index (χ1v) is 8.11. The molecule has 0 N–H and O–H groups in total. The van der Waals surface area contributed by atoms with Crippen molar-refractivity contribution >= 4 is 0 Å². The summed E-state index contributed by atoms with van der Waals surface area (Å²) >= 11 is 0. The molecule has 0 bridgehead atoms. The van der Waals surface area contributed by atoms with Crippen LogP contribution in [0, 0.1) is 11.3 Å². The first kappa shape index (κ1) is 15.7. The predicted octanol–water partition coefficient (Wildman–Crippen LogP) is 3.83. The highest BCUT2D eigenvalue weighted by atomic mass is 16.5. The average Bonchev–Trinajstić information content (AvgIpc) is 2.59. The molecule has 0 aromatic heterocycles. The van der Waals surface area contributed by atoms with Gasteiger partial charge in [0.05, 0.1) is 24.3 Å². The third-order valence-corrected chi connectivity index (χ3v) is 4.44. The van der Waals surface area contributed by atoms with Crippen LogP contribution in [0.2, 0.25) is 0 Å². The lowest BCUT2D eigenvalue weighted by Crippen LogP contribution is -2.46. The Hall–Kier alpha value is -2.15. The Morgan fingerprint density at radius 2 is 1.87 bits per heavy atom. The summed E-state index contributed by atoms with van der Waals surface area (Å²) in [5.41, 5.74) is 4.10. The smallest absolute Gasteiger partial charge is 0.0998 e. The topological polar surface area (TPSA) is 36.3 Å². The van der Waals surface area contributed by atoms with Gasteiger partial charge in [-0.2, -0.15) is 5.26 Å². The van der Waals surface area contributed by atoms with E-state index >= 15 is 0 Å². The summed E-state index contributed by atoms with van der Waals surface area (Å²) in [5.74, 6) is 0. The number of morpholine rings is 1. The second kappa shape index (κ2) is 6.95. The minimum absolute atomic E-state index is 0.299. The number of hydrogen-bond acceptors (Lipinski definition) is 3. The van der Waals surface area contributed by atoms with Gasteiger partial charge in [0.25, 0.3) is 0 Å². The summed E-state index contributed by atoms with van der Waals surface area (Å²) in [5, 5.41) is 9.24. The molecular weight excluding hydrogens is 284 g/mol. The van der Waals surface area contributed by atoms with Crippen LogP contribution in [-0.2, 0) is 11.3 Å². The van der Waals surface area contributed by atoms with Crippen LogP contribution >= 0.6 is 0 Å². The molecule has 1 aliphatic heterocycles. The first-order valence-electron chi connectivity index (χ1n) is 8.11. The van der Waals surface area contributed by atoms with Gasteiger partial charge in [-0.1, -0.05) is 42.5 Å². The number of ether oxygens (including phenoxy) is 1. The molecule has 2 aromatic carbocycles. The Bertz CT molecular complexity index is 702. The van der Waals surface area contributed by atoms with Crippen LogP contribution in [0.4, 0.5) is 0 Å². The van der Waals surface area contributed by atoms with Gasteiger partial charge < -0.3 is 4.74 Å². The Labute approximate surface area is 138 Å². The van der Waals surface area contributed by atoms with Crippen molar-refractivity contribution in [2.45, 2.75) is 32.5 Å². The maximum Gasteiger partial charge on any atom is 0.0998 e. The van der Waals surface area contributed by atoms with Gasteiger partial charge in [-0.15, -0.1) is 0 Å². The Kier molecular flexibility index (Phi) is 4.76. The van der Waals surface area contributed by atoms with E-state index in [-0.39, 0.29) is 0 Å². The van der Waals surface area contributed by atoms with Crippen molar-refractivity contribution in [3.63, 3.8) is 0 Å². The fourth-order valence-electron chi connectivity index (χ4n) is 3.05. The van der Waals surface area contributed by atoms with Crippen molar-refractivity contribution in [2.75, 3.05) is 13.2 Å². The van der Waals surface area contributed by atoms with Gasteiger partial charge in [-0.25, -0.2) is 0 Å². The fourth-order valence-corrected chi connectivity index (χ4v) is 3.05. The molecule has 3 heteroatoms. The van der Waals surface area contributed by atoms with E-state index in [0.29, 0.717) is 12.1 Å². The fraction of sp³-hybridized carbons (Fsp3) is 0.350. The van der Waals surface area contributed by atoms with Crippen LogP contribution in [0.1, 0.15) is 25.0 Å². The van der Waals surface area contributed by atoms with E-state index in [1.807, 2.05) is 24.3 Å². The monoisotopic (exact) mass is 306 g/mol. The van der Waals surface area contributed by atoms with Crippen LogP contribution in [0.5, 0.6) is 0 Å². The second-order valence-corrected chi connectivity index (χ2v) is 6.28.